The lowest BCUT2D eigenvalue weighted by molar-refractivity contribution is 0.894. The number of hydrogen-bond acceptors (Lipinski definition) is 0. The van der Waals surface area contributed by atoms with E-state index in [2.05, 4.69) is 194 Å². The maximum absolute atomic E-state index is 4.71. The van der Waals surface area contributed by atoms with Crippen molar-refractivity contribution in [2.45, 2.75) is 25.7 Å². The smallest absolute Gasteiger partial charge is 0.00933 e. The molecule has 258 valence electrons. The minimum absolute atomic E-state index is 0.969. The van der Waals surface area contributed by atoms with Gasteiger partial charge in [0.25, 0.3) is 0 Å². The zero-order valence-electron chi connectivity index (χ0n) is 30.5. The Morgan fingerprint density at radius 1 is 0.481 bits per heavy atom. The first-order valence-electron chi connectivity index (χ1n) is 19.1. The van der Waals surface area contributed by atoms with Crippen LogP contribution in [0.1, 0.15) is 42.4 Å². The summed E-state index contributed by atoms with van der Waals surface area (Å²) < 4.78 is 0. The van der Waals surface area contributed by atoms with E-state index < -0.39 is 0 Å². The van der Waals surface area contributed by atoms with Crippen LogP contribution in [0.15, 0.2) is 206 Å². The third-order valence-corrected chi connectivity index (χ3v) is 11.0. The van der Waals surface area contributed by atoms with E-state index in [4.69, 9.17) is 6.58 Å². The van der Waals surface area contributed by atoms with Crippen molar-refractivity contribution < 1.29 is 0 Å². The van der Waals surface area contributed by atoms with E-state index >= 15 is 0 Å². The number of fused-ring (bicyclic) bond motifs is 3. The molecule has 0 amide bonds. The van der Waals surface area contributed by atoms with Gasteiger partial charge in [-0.15, -0.1) is 0 Å². The van der Waals surface area contributed by atoms with Gasteiger partial charge in [0.05, 0.1) is 0 Å². The molecule has 7 aromatic carbocycles. The monoisotopic (exact) mass is 690 g/mol. The van der Waals surface area contributed by atoms with Crippen molar-refractivity contribution >= 4 is 49.5 Å². The fourth-order valence-electron chi connectivity index (χ4n) is 8.08. The van der Waals surface area contributed by atoms with Crippen LogP contribution in [0.25, 0.3) is 71.8 Å². The molecule has 0 nitrogen and oxygen atoms in total. The van der Waals surface area contributed by atoms with Crippen LogP contribution in [-0.4, -0.2) is 0 Å². The number of allylic oxidation sites excluding steroid dienone is 8. The average molecular weight is 691 g/mol. The fourth-order valence-corrected chi connectivity index (χ4v) is 8.08. The minimum atomic E-state index is 0.969. The molecule has 9 rings (SSSR count). The molecule has 54 heavy (non-hydrogen) atoms. The molecule has 0 heteroatoms. The van der Waals surface area contributed by atoms with Gasteiger partial charge < -0.3 is 0 Å². The van der Waals surface area contributed by atoms with Crippen molar-refractivity contribution in [1.29, 1.82) is 0 Å². The maximum Gasteiger partial charge on any atom is -0.00933 e. The Hall–Kier alpha value is -6.50. The molecule has 7 aromatic rings. The summed E-state index contributed by atoms with van der Waals surface area (Å²) in [6, 6.07) is 59.8. The molecule has 0 radical (unpaired) electrons. The molecule has 0 atom stereocenters. The second-order valence-corrected chi connectivity index (χ2v) is 14.5. The van der Waals surface area contributed by atoms with E-state index in [1.165, 1.54) is 76.9 Å². The predicted octanol–water partition coefficient (Wildman–Crippen LogP) is 15.2. The second-order valence-electron chi connectivity index (χ2n) is 14.5. The molecule has 0 spiro atoms. The average Bonchev–Trinajstić information content (AvgIpc) is 3.23. The molecular weight excluding hydrogens is 649 g/mol. The molecule has 0 aromatic heterocycles. The Balaban J connectivity index is 1.31. The van der Waals surface area contributed by atoms with Crippen molar-refractivity contribution in [3.05, 3.63) is 223 Å². The van der Waals surface area contributed by atoms with Gasteiger partial charge in [0, 0.05) is 0 Å². The van der Waals surface area contributed by atoms with Crippen LogP contribution in [0.4, 0.5) is 0 Å². The molecule has 0 saturated heterocycles. The van der Waals surface area contributed by atoms with Gasteiger partial charge >= 0.3 is 0 Å². The summed E-state index contributed by atoms with van der Waals surface area (Å²) in [6.45, 7) is 4.71. The highest BCUT2D eigenvalue weighted by molar-refractivity contribution is 6.03. The molecule has 0 unspecified atom stereocenters. The van der Waals surface area contributed by atoms with Gasteiger partial charge in [0.2, 0.25) is 0 Å². The standard InChI is InChI=1S/C54H42/c1-38(22-23-39-12-3-2-4-13-39)51-21-11-20-43(47-27-24-40-14-5-8-17-44(40)34-47)30-32-52(50-29-26-42-16-7-10-19-46(42)36-50)53-33-31-49(37-54(51)53)48-28-25-41-15-6-9-18-45(41)35-48/h2-9,11-18,20-25,27-28,30-37H,1,10,19,26,29H2/b20-11?,21-11?,23-22-,32-30?,43-20?,43-30?,51-21?,52-32?,53-52?,54-51?. The topological polar surface area (TPSA) is 0 Å². The van der Waals surface area contributed by atoms with E-state index in [-0.39, 0.29) is 0 Å². The quantitative estimate of drug-likeness (QED) is 0.152. The molecular formula is C54H42. The number of rotatable bonds is 6. The van der Waals surface area contributed by atoms with Gasteiger partial charge in [-0.05, 0) is 137 Å². The van der Waals surface area contributed by atoms with Gasteiger partial charge in [-0.2, -0.15) is 0 Å². The molecule has 0 aliphatic heterocycles. The zero-order chi connectivity index (χ0) is 36.3. The van der Waals surface area contributed by atoms with Crippen LogP contribution in [0.3, 0.4) is 0 Å². The molecule has 0 bridgehead atoms. The lowest BCUT2D eigenvalue weighted by Gasteiger charge is -2.22. The SMILES string of the molecule is C=C(/C=C\c1ccccc1)c1cccc(-c2ccc3ccccc3c2)ccc(C2=CC3=C(C=CCC3)CC2)c2ccc(-c3ccc4ccccc4c3)cc12. The highest BCUT2D eigenvalue weighted by atomic mass is 14.2. The van der Waals surface area contributed by atoms with Gasteiger partial charge in [-0.1, -0.05) is 183 Å². The Morgan fingerprint density at radius 2 is 1.13 bits per heavy atom. The highest BCUT2D eigenvalue weighted by Crippen LogP contribution is 2.40. The van der Waals surface area contributed by atoms with Gasteiger partial charge in [-0.25, -0.2) is 0 Å². The fraction of sp³-hybridized carbons (Fsp3) is 0.0741. The third kappa shape index (κ3) is 6.87. The van der Waals surface area contributed by atoms with Crippen molar-refractivity contribution in [3.63, 3.8) is 0 Å². The number of benzene rings is 6. The van der Waals surface area contributed by atoms with Crippen LogP contribution >= 0.6 is 0 Å². The second kappa shape index (κ2) is 14.9. The lowest BCUT2D eigenvalue weighted by Crippen LogP contribution is -2.01. The molecule has 0 fully saturated rings. The van der Waals surface area contributed by atoms with E-state index in [9.17, 15) is 0 Å². The van der Waals surface area contributed by atoms with Crippen molar-refractivity contribution in [2.75, 3.05) is 0 Å². The summed E-state index contributed by atoms with van der Waals surface area (Å²) >= 11 is 0. The Kier molecular flexibility index (Phi) is 9.17. The normalized spacial score (nSPS) is 14.0. The van der Waals surface area contributed by atoms with Crippen molar-refractivity contribution in [1.82, 2.24) is 0 Å². The summed E-state index contributed by atoms with van der Waals surface area (Å²) in [7, 11) is 0. The summed E-state index contributed by atoms with van der Waals surface area (Å²) in [5.74, 6) is 0. The van der Waals surface area contributed by atoms with E-state index in [1.807, 2.05) is 0 Å². The van der Waals surface area contributed by atoms with Crippen molar-refractivity contribution in [2.24, 2.45) is 0 Å². The molecule has 2 aliphatic carbocycles. The zero-order valence-corrected chi connectivity index (χ0v) is 30.5. The van der Waals surface area contributed by atoms with Crippen LogP contribution < -0.4 is 0 Å². The first kappa shape index (κ1) is 33.3. The Bertz CT molecular complexity index is 2770. The first-order chi connectivity index (χ1) is 26.7. The van der Waals surface area contributed by atoms with Gasteiger partial charge in [-0.3, -0.25) is 0 Å². The first-order valence-corrected chi connectivity index (χ1v) is 19.1. The number of hydrogen-bond donors (Lipinski definition) is 0. The van der Waals surface area contributed by atoms with E-state index in [0.29, 0.717) is 0 Å². The lowest BCUT2D eigenvalue weighted by atomic mass is 9.83. The summed E-state index contributed by atoms with van der Waals surface area (Å²) in [5.41, 5.74) is 13.6. The molecule has 0 saturated carbocycles. The highest BCUT2D eigenvalue weighted by Gasteiger charge is 2.17. The largest absolute Gasteiger partial charge is 0.0911 e. The summed E-state index contributed by atoms with van der Waals surface area (Å²) in [4.78, 5) is 0. The van der Waals surface area contributed by atoms with Gasteiger partial charge in [0.1, 0.15) is 0 Å². The van der Waals surface area contributed by atoms with Crippen LogP contribution in [-0.2, 0) is 0 Å². The third-order valence-electron chi connectivity index (χ3n) is 11.0. The minimum Gasteiger partial charge on any atom is -0.0911 e. The van der Waals surface area contributed by atoms with Crippen LogP contribution in [0.5, 0.6) is 0 Å². The van der Waals surface area contributed by atoms with Crippen LogP contribution in [0.2, 0.25) is 0 Å². The van der Waals surface area contributed by atoms with Crippen molar-refractivity contribution in [3.8, 4) is 22.3 Å². The van der Waals surface area contributed by atoms with Gasteiger partial charge in [0.15, 0.2) is 0 Å². The van der Waals surface area contributed by atoms with E-state index in [0.717, 1.165) is 42.4 Å². The maximum atomic E-state index is 4.71. The molecule has 0 heterocycles. The van der Waals surface area contributed by atoms with E-state index in [1.54, 1.807) is 0 Å². The molecule has 0 N–H and O–H groups in total. The summed E-state index contributed by atoms with van der Waals surface area (Å²) in [5, 5.41) is 7.40. The Labute approximate surface area is 318 Å². The summed E-state index contributed by atoms with van der Waals surface area (Å²) in [6.07, 6.45) is 15.8. The predicted molar refractivity (Wildman–Crippen MR) is 235 cm³/mol. The van der Waals surface area contributed by atoms with Crippen LogP contribution in [0, 0.1) is 0 Å². The molecule has 2 aliphatic rings. The Morgan fingerprint density at radius 3 is 1.89 bits per heavy atom.